The second-order valence-corrected chi connectivity index (χ2v) is 13.2. The Kier molecular flexibility index (Phi) is 5.24. The minimum absolute atomic E-state index is 0.258. The quantitative estimate of drug-likeness (QED) is 0.617. The monoisotopic (exact) mass is 377 g/mol. The lowest BCUT2D eigenvalue weighted by Gasteiger charge is -2.34. The molecule has 0 saturated carbocycles. The number of aromatic nitrogens is 3. The van der Waals surface area contributed by atoms with Gasteiger partial charge in [0.05, 0.1) is 21.6 Å². The number of hydrogen-bond acceptors (Lipinski definition) is 3. The highest BCUT2D eigenvalue weighted by Gasteiger charge is 2.38. The van der Waals surface area contributed by atoms with Crippen molar-refractivity contribution in [1.29, 1.82) is 0 Å². The van der Waals surface area contributed by atoms with Gasteiger partial charge in [0.2, 0.25) is 0 Å². The van der Waals surface area contributed by atoms with E-state index in [4.69, 9.17) is 34.8 Å². The van der Waals surface area contributed by atoms with Gasteiger partial charge in [-0.15, -0.1) is 0 Å². The SMILES string of the molecule is C[Si](C)(C)CC(O)(Cn1cncn1)c1ccc(Cl)c(Cl)c1Cl. The third-order valence-electron chi connectivity index (χ3n) is 3.25. The van der Waals surface area contributed by atoms with Crippen molar-refractivity contribution in [2.75, 3.05) is 0 Å². The largest absolute Gasteiger partial charge is 0.383 e. The lowest BCUT2D eigenvalue weighted by molar-refractivity contribution is 0.0333. The Balaban J connectivity index is 2.50. The molecular formula is C14H18Cl3N3OSi. The van der Waals surface area contributed by atoms with E-state index in [1.165, 1.54) is 6.33 Å². The summed E-state index contributed by atoms with van der Waals surface area (Å²) >= 11 is 18.5. The summed E-state index contributed by atoms with van der Waals surface area (Å²) in [6.07, 6.45) is 3.01. The van der Waals surface area contributed by atoms with Gasteiger partial charge in [-0.05, 0) is 12.1 Å². The average molecular weight is 379 g/mol. The molecule has 0 saturated heterocycles. The first-order valence-electron chi connectivity index (χ1n) is 6.81. The number of halogens is 3. The van der Waals surface area contributed by atoms with E-state index in [0.29, 0.717) is 16.6 Å². The minimum Gasteiger partial charge on any atom is -0.383 e. The van der Waals surface area contributed by atoms with Crippen molar-refractivity contribution in [1.82, 2.24) is 14.8 Å². The molecule has 0 radical (unpaired) electrons. The number of nitrogens with zero attached hydrogens (tertiary/aromatic N) is 3. The second-order valence-electron chi connectivity index (χ2n) is 6.58. The Morgan fingerprint density at radius 2 is 1.86 bits per heavy atom. The van der Waals surface area contributed by atoms with E-state index >= 15 is 0 Å². The third kappa shape index (κ3) is 4.03. The first-order valence-corrected chi connectivity index (χ1v) is 11.7. The second kappa shape index (κ2) is 6.49. The summed E-state index contributed by atoms with van der Waals surface area (Å²) in [7, 11) is -1.61. The number of aliphatic hydroxyl groups is 1. The van der Waals surface area contributed by atoms with E-state index in [0.717, 1.165) is 0 Å². The summed E-state index contributed by atoms with van der Waals surface area (Å²) in [6.45, 7) is 6.81. The maximum absolute atomic E-state index is 11.3. The fourth-order valence-corrected chi connectivity index (χ4v) is 5.35. The summed E-state index contributed by atoms with van der Waals surface area (Å²) in [6, 6.07) is 3.99. The van der Waals surface area contributed by atoms with Crippen molar-refractivity contribution in [2.24, 2.45) is 0 Å². The topological polar surface area (TPSA) is 50.9 Å². The molecule has 1 aromatic heterocycles. The zero-order valence-electron chi connectivity index (χ0n) is 12.6. The first-order chi connectivity index (χ1) is 10.1. The van der Waals surface area contributed by atoms with Gasteiger partial charge >= 0.3 is 0 Å². The minimum atomic E-state index is -1.61. The van der Waals surface area contributed by atoms with Gasteiger partial charge in [-0.1, -0.05) is 60.5 Å². The molecule has 0 aliphatic heterocycles. The molecule has 22 heavy (non-hydrogen) atoms. The van der Waals surface area contributed by atoms with Gasteiger partial charge in [0.25, 0.3) is 0 Å². The van der Waals surface area contributed by atoms with E-state index in [1.807, 2.05) is 0 Å². The van der Waals surface area contributed by atoms with E-state index in [1.54, 1.807) is 23.1 Å². The highest BCUT2D eigenvalue weighted by Crippen LogP contribution is 2.41. The van der Waals surface area contributed by atoms with Crippen molar-refractivity contribution in [3.63, 3.8) is 0 Å². The van der Waals surface area contributed by atoms with Crippen LogP contribution in [0.2, 0.25) is 40.8 Å². The maximum Gasteiger partial charge on any atom is 0.137 e. The third-order valence-corrected chi connectivity index (χ3v) is 6.19. The van der Waals surface area contributed by atoms with E-state index in [9.17, 15) is 5.11 Å². The van der Waals surface area contributed by atoms with E-state index in [2.05, 4.69) is 29.7 Å². The molecule has 1 heterocycles. The summed E-state index contributed by atoms with van der Waals surface area (Å²) in [5.41, 5.74) is -0.606. The fraction of sp³-hybridized carbons (Fsp3) is 0.429. The van der Waals surface area contributed by atoms with Gasteiger partial charge in [-0.3, -0.25) is 0 Å². The normalized spacial score (nSPS) is 14.9. The fourth-order valence-electron chi connectivity index (χ4n) is 2.58. The van der Waals surface area contributed by atoms with Crippen LogP contribution in [-0.2, 0) is 12.1 Å². The molecule has 0 amide bonds. The van der Waals surface area contributed by atoms with Gasteiger partial charge < -0.3 is 5.11 Å². The molecule has 0 aliphatic carbocycles. The molecule has 120 valence electrons. The first kappa shape index (κ1) is 17.8. The molecular weight excluding hydrogens is 361 g/mol. The number of hydrogen-bond donors (Lipinski definition) is 1. The van der Waals surface area contributed by atoms with Crippen molar-refractivity contribution in [3.05, 3.63) is 45.4 Å². The smallest absolute Gasteiger partial charge is 0.137 e. The number of rotatable bonds is 5. The van der Waals surface area contributed by atoms with Crippen LogP contribution in [0.5, 0.6) is 0 Å². The Bertz CT molecular complexity index is 658. The predicted molar refractivity (Wildman–Crippen MR) is 93.5 cm³/mol. The molecule has 0 fully saturated rings. The molecule has 1 aromatic carbocycles. The van der Waals surface area contributed by atoms with Crippen molar-refractivity contribution in [3.8, 4) is 0 Å². The van der Waals surface area contributed by atoms with Crippen LogP contribution in [0.1, 0.15) is 5.56 Å². The van der Waals surface area contributed by atoms with Gasteiger partial charge in [0, 0.05) is 13.6 Å². The average Bonchev–Trinajstić information content (AvgIpc) is 2.86. The maximum atomic E-state index is 11.3. The molecule has 2 rings (SSSR count). The Hall–Kier alpha value is -0.593. The van der Waals surface area contributed by atoms with Crippen LogP contribution < -0.4 is 0 Å². The van der Waals surface area contributed by atoms with Crippen LogP contribution in [0.4, 0.5) is 0 Å². The zero-order chi connectivity index (χ0) is 16.5. The van der Waals surface area contributed by atoms with Crippen LogP contribution in [0.15, 0.2) is 24.8 Å². The van der Waals surface area contributed by atoms with Gasteiger partial charge in [0.1, 0.15) is 18.3 Å². The summed E-state index contributed by atoms with van der Waals surface area (Å²) in [5.74, 6) is 0. The van der Waals surface area contributed by atoms with Crippen molar-refractivity contribution < 1.29 is 5.11 Å². The molecule has 1 N–H and O–H groups in total. The molecule has 1 unspecified atom stereocenters. The van der Waals surface area contributed by atoms with Crippen LogP contribution in [0, 0.1) is 0 Å². The van der Waals surface area contributed by atoms with Gasteiger partial charge in [0.15, 0.2) is 0 Å². The van der Waals surface area contributed by atoms with E-state index in [-0.39, 0.29) is 16.6 Å². The standard InChI is InChI=1S/C14H18Cl3N3OSi/c1-22(2,3)7-14(21,6-20-9-18-8-19-20)10-4-5-11(15)13(17)12(10)16/h4-5,8-9,21H,6-7H2,1-3H3. The van der Waals surface area contributed by atoms with Gasteiger partial charge in [-0.25, -0.2) is 9.67 Å². The highest BCUT2D eigenvalue weighted by atomic mass is 35.5. The van der Waals surface area contributed by atoms with Gasteiger partial charge in [-0.2, -0.15) is 5.10 Å². The zero-order valence-corrected chi connectivity index (χ0v) is 15.9. The summed E-state index contributed by atoms with van der Waals surface area (Å²) < 4.78 is 1.60. The van der Waals surface area contributed by atoms with E-state index < -0.39 is 13.7 Å². The predicted octanol–water partition coefficient (Wildman–Crippen LogP) is 4.46. The molecule has 4 nitrogen and oxygen atoms in total. The molecule has 0 spiro atoms. The lowest BCUT2D eigenvalue weighted by atomic mass is 9.95. The lowest BCUT2D eigenvalue weighted by Crippen LogP contribution is -2.39. The summed E-state index contributed by atoms with van der Waals surface area (Å²) in [4.78, 5) is 3.92. The van der Waals surface area contributed by atoms with Crippen LogP contribution >= 0.6 is 34.8 Å². The van der Waals surface area contributed by atoms with Crippen LogP contribution in [0.25, 0.3) is 0 Å². The summed E-state index contributed by atoms with van der Waals surface area (Å²) in [5, 5.41) is 16.3. The molecule has 2 aromatic rings. The molecule has 8 heteroatoms. The van der Waals surface area contributed by atoms with Crippen LogP contribution in [0.3, 0.4) is 0 Å². The van der Waals surface area contributed by atoms with Crippen molar-refractivity contribution in [2.45, 2.75) is 37.8 Å². The molecule has 1 atom stereocenters. The Morgan fingerprint density at radius 1 is 1.18 bits per heavy atom. The van der Waals surface area contributed by atoms with Crippen LogP contribution in [-0.4, -0.2) is 27.9 Å². The Morgan fingerprint density at radius 3 is 2.41 bits per heavy atom. The van der Waals surface area contributed by atoms with Crippen molar-refractivity contribution >= 4 is 42.9 Å². The Labute approximate surface area is 146 Å². The number of benzene rings is 1. The molecule has 0 bridgehead atoms. The molecule has 0 aliphatic rings. The highest BCUT2D eigenvalue weighted by molar-refractivity contribution is 6.76.